The van der Waals surface area contributed by atoms with Crippen LogP contribution in [0.2, 0.25) is 0 Å². The summed E-state index contributed by atoms with van der Waals surface area (Å²) in [5, 5.41) is 31.2. The Bertz CT molecular complexity index is 9450. The lowest BCUT2D eigenvalue weighted by Gasteiger charge is -2.24. The van der Waals surface area contributed by atoms with E-state index in [1.807, 2.05) is 0 Å². The quantitative estimate of drug-likeness (QED) is 0.0332. The molecule has 2 nitrogen and oxygen atoms in total. The Labute approximate surface area is 881 Å². The van der Waals surface area contributed by atoms with Crippen LogP contribution in [0.15, 0.2) is 410 Å². The average molecular weight is 1980 g/mol. The summed E-state index contributed by atoms with van der Waals surface area (Å²) >= 11 is 3.47. The maximum absolute atomic E-state index is 20.3. The molecule has 0 atom stereocenters. The molecule has 0 N–H and O–H groups in total. The van der Waals surface area contributed by atoms with E-state index >= 15 is 8.42 Å². The third-order valence-electron chi connectivity index (χ3n) is 32.7. The number of thiophene rings is 2. The zero-order valence-electron chi connectivity index (χ0n) is 85.3. The molecule has 0 saturated carbocycles. The standard InChI is InChI=1S/C144H118O2S3/c1-5-9-13-17-45-95-53-37-65-119-129(103-73-69-91-41-21-25-49-99(91)85-103)109-57-29-33-61-113(109)137(133(95)119)107-77-79-117-127(89-107)147-125-83-81-123(139-115-63-35-31-59-111(115)131(105-75-71-93-43-23-27-51-101(93)87-105)121-67-39-55-97(135(121)139)47-19-15-11-7-3)143(141(117)125)149(145,146)144-124(140-116-64-36-32-60-112(116)132(106-76-72-94-44-24-28-52-102(94)88-106)122-68-40-56-98(136(122)140)48-20-16-12-8-4)82-84-126-142(144)118-80-78-108(90-128(118)148-126)138-114-62-34-30-58-110(114)130(104-74-70-92-42-22-26-50-100(92)86-104)120-66-38-54-96(134(120)138)46-18-14-10-6-2/h21-44,49-90H,5-20,45-48H2,1-4H3. The second kappa shape index (κ2) is 39.8. The summed E-state index contributed by atoms with van der Waals surface area (Å²) in [5.74, 6) is 0. The van der Waals surface area contributed by atoms with Crippen LogP contribution in [-0.2, 0) is 35.5 Å². The van der Waals surface area contributed by atoms with E-state index in [4.69, 9.17) is 0 Å². The van der Waals surface area contributed by atoms with E-state index < -0.39 is 9.84 Å². The van der Waals surface area contributed by atoms with Gasteiger partial charge in [-0.1, -0.05) is 457 Å². The lowest BCUT2D eigenvalue weighted by atomic mass is 9.82. The first kappa shape index (κ1) is 93.6. The van der Waals surface area contributed by atoms with Crippen LogP contribution < -0.4 is 0 Å². The van der Waals surface area contributed by atoms with E-state index in [0.717, 1.165) is 244 Å². The van der Waals surface area contributed by atoms with Gasteiger partial charge >= 0.3 is 0 Å². The Morgan fingerprint density at radius 2 is 0.409 bits per heavy atom. The lowest BCUT2D eigenvalue weighted by Crippen LogP contribution is -2.09. The Hall–Kier alpha value is -15.2. The fraction of sp³-hybridized carbons (Fsp3) is 0.167. The van der Waals surface area contributed by atoms with Crippen LogP contribution >= 0.6 is 22.7 Å². The molecule has 0 bridgehead atoms. The van der Waals surface area contributed by atoms with Crippen molar-refractivity contribution in [3.05, 3.63) is 423 Å². The number of hydrogen-bond donors (Lipinski definition) is 0. The summed E-state index contributed by atoms with van der Waals surface area (Å²) in [5.41, 5.74) is 22.4. The summed E-state index contributed by atoms with van der Waals surface area (Å²) in [6.45, 7) is 9.22. The first-order valence-electron chi connectivity index (χ1n) is 54.6. The lowest BCUT2D eigenvalue weighted by molar-refractivity contribution is 0.598. The Morgan fingerprint density at radius 3 is 0.691 bits per heavy atom. The van der Waals surface area contributed by atoms with Crippen molar-refractivity contribution in [1.82, 2.24) is 0 Å². The van der Waals surface area contributed by atoms with E-state index in [1.54, 1.807) is 22.7 Å². The molecular weight excluding hydrogens is 1860 g/mol. The molecule has 24 aromatic carbocycles. The summed E-state index contributed by atoms with van der Waals surface area (Å²) in [4.78, 5) is 0.651. The summed E-state index contributed by atoms with van der Waals surface area (Å²) in [6.07, 6.45) is 21.2. The number of aryl methyl sites for hydroxylation is 4. The summed E-state index contributed by atoms with van der Waals surface area (Å²) in [6, 6.07) is 151. The Balaban J connectivity index is 0.802. The molecule has 149 heavy (non-hydrogen) atoms. The average Bonchev–Trinajstić information content (AvgIpc) is 1.64. The van der Waals surface area contributed by atoms with E-state index in [1.165, 1.54) is 155 Å². The molecule has 0 radical (unpaired) electrons. The van der Waals surface area contributed by atoms with Crippen molar-refractivity contribution >= 4 is 202 Å². The molecule has 26 aromatic rings. The van der Waals surface area contributed by atoms with Gasteiger partial charge in [0.2, 0.25) is 9.84 Å². The van der Waals surface area contributed by atoms with Crippen molar-refractivity contribution in [3.8, 4) is 89.0 Å². The molecule has 2 aromatic heterocycles. The number of rotatable bonds is 30. The van der Waals surface area contributed by atoms with Crippen molar-refractivity contribution in [1.29, 1.82) is 0 Å². The number of fused-ring (bicyclic) bond motifs is 18. The number of benzene rings is 24. The molecule has 2 heterocycles. The molecule has 0 aliphatic heterocycles. The van der Waals surface area contributed by atoms with Crippen molar-refractivity contribution in [3.63, 3.8) is 0 Å². The van der Waals surface area contributed by atoms with Crippen LogP contribution in [0.3, 0.4) is 0 Å². The maximum Gasteiger partial charge on any atom is 0.209 e. The van der Waals surface area contributed by atoms with Gasteiger partial charge in [0.05, 0.1) is 9.79 Å². The van der Waals surface area contributed by atoms with Gasteiger partial charge < -0.3 is 0 Å². The Morgan fingerprint density at radius 1 is 0.174 bits per heavy atom. The van der Waals surface area contributed by atoms with Gasteiger partial charge in [-0.15, -0.1) is 22.7 Å². The SMILES string of the molecule is CCCCCCc1cccc2c(-c3ccc4ccccc4c3)c3ccccc3c(-c3ccc4c(c3)sc3ccc(-c5c6ccccc6c(-c6ccc7ccccc7c6)c6cccc(CCCCCC)c56)c(S(=O)(=O)c5c(-c6c7ccccc7c(-c7ccc8ccccc8c7)c7cccc(CCCCCC)c67)ccc6sc7cc(-c8c9ccccc9c(-c9ccc%10ccccc%10c9)c9cccc(CCCCCC)c89)ccc7c56)c34)c12. The predicted octanol–water partition coefficient (Wildman–Crippen LogP) is 42.9. The van der Waals surface area contributed by atoms with Gasteiger partial charge in [0.15, 0.2) is 0 Å². The molecule has 5 heteroatoms. The Kier molecular flexibility index (Phi) is 25.0. The number of sulfone groups is 1. The number of unbranched alkanes of at least 4 members (excludes halogenated alkanes) is 12. The highest BCUT2D eigenvalue weighted by atomic mass is 32.2. The smallest absolute Gasteiger partial charge is 0.209 e. The van der Waals surface area contributed by atoms with E-state index in [9.17, 15) is 0 Å². The fourth-order valence-corrected chi connectivity index (χ4v) is 30.4. The fourth-order valence-electron chi connectivity index (χ4n) is 25.8. The minimum absolute atomic E-state index is 0.325. The van der Waals surface area contributed by atoms with Crippen molar-refractivity contribution in [2.45, 2.75) is 166 Å². The monoisotopic (exact) mass is 1970 g/mol. The van der Waals surface area contributed by atoms with E-state index in [2.05, 4.69) is 428 Å². The molecule has 26 rings (SSSR count). The van der Waals surface area contributed by atoms with Gasteiger partial charge in [0.25, 0.3) is 0 Å². The van der Waals surface area contributed by atoms with E-state index in [-0.39, 0.29) is 0 Å². The van der Waals surface area contributed by atoms with Crippen LogP contribution in [0.25, 0.3) is 259 Å². The van der Waals surface area contributed by atoms with E-state index in [0.29, 0.717) is 20.9 Å². The van der Waals surface area contributed by atoms with Crippen LogP contribution in [0.5, 0.6) is 0 Å². The first-order chi connectivity index (χ1) is 73.6. The molecule has 0 amide bonds. The normalized spacial score (nSPS) is 12.2. The van der Waals surface area contributed by atoms with Gasteiger partial charge in [0.1, 0.15) is 0 Å². The zero-order valence-corrected chi connectivity index (χ0v) is 87.7. The number of hydrogen-bond acceptors (Lipinski definition) is 4. The molecule has 0 fully saturated rings. The van der Waals surface area contributed by atoms with Crippen molar-refractivity contribution in [2.24, 2.45) is 0 Å². The second-order valence-electron chi connectivity index (χ2n) is 41.8. The third-order valence-corrected chi connectivity index (χ3v) is 36.9. The minimum Gasteiger partial charge on any atom is -0.218 e. The molecule has 724 valence electrons. The maximum atomic E-state index is 20.3. The van der Waals surface area contributed by atoms with Gasteiger partial charge in [-0.3, -0.25) is 0 Å². The zero-order chi connectivity index (χ0) is 99.9. The molecule has 0 unspecified atom stereocenters. The van der Waals surface area contributed by atoms with Crippen LogP contribution in [0.1, 0.15) is 153 Å². The van der Waals surface area contributed by atoms with Gasteiger partial charge in [-0.25, -0.2) is 8.42 Å². The molecule has 0 aliphatic rings. The summed E-state index contributed by atoms with van der Waals surface area (Å²) < 4.78 is 44.5. The topological polar surface area (TPSA) is 34.1 Å². The van der Waals surface area contributed by atoms with Crippen molar-refractivity contribution in [2.75, 3.05) is 0 Å². The molecule has 0 aliphatic carbocycles. The first-order valence-corrected chi connectivity index (χ1v) is 57.8. The minimum atomic E-state index is -4.95. The molecule has 0 spiro atoms. The molecule has 0 saturated heterocycles. The van der Waals surface area contributed by atoms with Gasteiger partial charge in [0, 0.05) is 51.5 Å². The van der Waals surface area contributed by atoms with Crippen molar-refractivity contribution < 1.29 is 8.42 Å². The highest BCUT2D eigenvalue weighted by molar-refractivity contribution is 7.92. The highest BCUT2D eigenvalue weighted by Crippen LogP contribution is 2.59. The van der Waals surface area contributed by atoms with Crippen LogP contribution in [0, 0.1) is 0 Å². The van der Waals surface area contributed by atoms with Crippen LogP contribution in [-0.4, -0.2) is 8.42 Å². The highest BCUT2D eigenvalue weighted by Gasteiger charge is 2.38. The predicted molar refractivity (Wildman–Crippen MR) is 649 cm³/mol. The van der Waals surface area contributed by atoms with Gasteiger partial charge in [-0.2, -0.15) is 0 Å². The second-order valence-corrected chi connectivity index (χ2v) is 45.8. The molecular formula is C144H118O2S3. The third kappa shape index (κ3) is 16.3. The van der Waals surface area contributed by atoms with Crippen LogP contribution in [0.4, 0.5) is 0 Å². The largest absolute Gasteiger partial charge is 0.218 e. The van der Waals surface area contributed by atoms with Gasteiger partial charge in [-0.05, 0) is 329 Å². The summed E-state index contributed by atoms with van der Waals surface area (Å²) in [7, 11) is -4.95.